The third-order valence-corrected chi connectivity index (χ3v) is 4.26. The first-order chi connectivity index (χ1) is 8.22. The lowest BCUT2D eigenvalue weighted by Gasteiger charge is -2.33. The summed E-state index contributed by atoms with van der Waals surface area (Å²) >= 11 is 0. The van der Waals surface area contributed by atoms with Crippen molar-refractivity contribution in [1.82, 2.24) is 9.80 Å². The van der Waals surface area contributed by atoms with E-state index in [1.807, 2.05) is 4.90 Å². The van der Waals surface area contributed by atoms with Gasteiger partial charge in [-0.15, -0.1) is 0 Å². The number of likely N-dealkylation sites (tertiary alicyclic amines) is 2. The zero-order valence-electron chi connectivity index (χ0n) is 10.9. The van der Waals surface area contributed by atoms with Crippen LogP contribution in [0.5, 0.6) is 0 Å². The Balaban J connectivity index is 1.76. The van der Waals surface area contributed by atoms with Crippen LogP contribution in [0, 0.1) is 11.8 Å². The molecular formula is C13H25N3O. The average molecular weight is 239 g/mol. The van der Waals surface area contributed by atoms with Crippen LogP contribution in [-0.4, -0.2) is 55.0 Å². The number of rotatable bonds is 4. The first-order valence-electron chi connectivity index (χ1n) is 6.93. The van der Waals surface area contributed by atoms with E-state index in [4.69, 9.17) is 5.73 Å². The quantitative estimate of drug-likeness (QED) is 0.778. The summed E-state index contributed by atoms with van der Waals surface area (Å²) in [6.07, 6.45) is 3.15. The highest BCUT2D eigenvalue weighted by Crippen LogP contribution is 2.23. The second-order valence-electron chi connectivity index (χ2n) is 5.48. The molecule has 0 saturated carbocycles. The van der Waals surface area contributed by atoms with E-state index in [2.05, 4.69) is 11.8 Å². The van der Waals surface area contributed by atoms with Crippen LogP contribution in [0.1, 0.15) is 26.2 Å². The Bertz CT molecular complexity index is 261. The molecule has 2 N–H and O–H groups in total. The summed E-state index contributed by atoms with van der Waals surface area (Å²) in [4.78, 5) is 16.3. The Labute approximate surface area is 104 Å². The molecular weight excluding hydrogens is 214 g/mol. The molecule has 2 heterocycles. The highest BCUT2D eigenvalue weighted by Gasteiger charge is 2.30. The van der Waals surface area contributed by atoms with E-state index in [9.17, 15) is 4.79 Å². The summed E-state index contributed by atoms with van der Waals surface area (Å²) in [6, 6.07) is 0. The van der Waals surface area contributed by atoms with Gasteiger partial charge in [-0.3, -0.25) is 4.79 Å². The molecule has 2 rings (SSSR count). The number of nitrogens with zero attached hydrogens (tertiary/aromatic N) is 2. The molecule has 0 aliphatic carbocycles. The Morgan fingerprint density at radius 3 is 2.53 bits per heavy atom. The van der Waals surface area contributed by atoms with E-state index in [0.29, 0.717) is 30.7 Å². The molecule has 0 bridgehead atoms. The number of carbonyl (C=O) groups is 1. The van der Waals surface area contributed by atoms with Gasteiger partial charge in [0.25, 0.3) is 0 Å². The summed E-state index contributed by atoms with van der Waals surface area (Å²) in [7, 11) is 0. The third-order valence-electron chi connectivity index (χ3n) is 4.26. The molecule has 98 valence electrons. The molecule has 0 aromatic carbocycles. The zero-order valence-corrected chi connectivity index (χ0v) is 10.9. The van der Waals surface area contributed by atoms with Crippen molar-refractivity contribution in [1.29, 1.82) is 0 Å². The maximum atomic E-state index is 11.8. The van der Waals surface area contributed by atoms with Gasteiger partial charge in [0.05, 0.1) is 0 Å². The van der Waals surface area contributed by atoms with Crippen LogP contribution in [0.15, 0.2) is 0 Å². The lowest BCUT2D eigenvalue weighted by molar-refractivity contribution is -0.128. The molecule has 4 nitrogen and oxygen atoms in total. The third kappa shape index (κ3) is 3.19. The lowest BCUT2D eigenvalue weighted by Crippen LogP contribution is -2.39. The number of hydrogen-bond donors (Lipinski definition) is 1. The monoisotopic (exact) mass is 239 g/mol. The van der Waals surface area contributed by atoms with Crippen LogP contribution in [0.4, 0.5) is 0 Å². The molecule has 2 saturated heterocycles. The second kappa shape index (κ2) is 5.83. The molecule has 2 aliphatic heterocycles. The summed E-state index contributed by atoms with van der Waals surface area (Å²) in [5.74, 6) is 1.43. The molecule has 4 heteroatoms. The fraction of sp³-hybridized carbons (Fsp3) is 0.923. The van der Waals surface area contributed by atoms with Crippen LogP contribution >= 0.6 is 0 Å². The predicted octanol–water partition coefficient (Wildman–Crippen LogP) is 0.526. The molecule has 0 aromatic rings. The second-order valence-corrected chi connectivity index (χ2v) is 5.48. The van der Waals surface area contributed by atoms with Gasteiger partial charge >= 0.3 is 0 Å². The standard InChI is InChI=1S/C13H25N3O/c1-2-15-5-3-11(4-6-15)9-16-10-12(8-14)7-13(16)17/h11-12H,2-10,14H2,1H3. The SMILES string of the molecule is CCN1CCC(CN2CC(CN)CC2=O)CC1. The van der Waals surface area contributed by atoms with E-state index in [-0.39, 0.29) is 0 Å². The maximum Gasteiger partial charge on any atom is 0.222 e. The van der Waals surface area contributed by atoms with Crippen LogP contribution in [-0.2, 0) is 4.79 Å². The number of piperidine rings is 1. The molecule has 0 radical (unpaired) electrons. The topological polar surface area (TPSA) is 49.6 Å². The van der Waals surface area contributed by atoms with E-state index in [1.165, 1.54) is 25.9 Å². The van der Waals surface area contributed by atoms with E-state index in [1.54, 1.807) is 0 Å². The zero-order chi connectivity index (χ0) is 12.3. The predicted molar refractivity (Wildman–Crippen MR) is 68.6 cm³/mol. The van der Waals surface area contributed by atoms with Crippen LogP contribution in [0.3, 0.4) is 0 Å². The van der Waals surface area contributed by atoms with E-state index >= 15 is 0 Å². The normalized spacial score (nSPS) is 28.0. The minimum Gasteiger partial charge on any atom is -0.342 e. The van der Waals surface area contributed by atoms with Crippen LogP contribution in [0.2, 0.25) is 0 Å². The Kier molecular flexibility index (Phi) is 4.40. The van der Waals surface area contributed by atoms with Gasteiger partial charge < -0.3 is 15.5 Å². The summed E-state index contributed by atoms with van der Waals surface area (Å²) in [6.45, 7) is 8.28. The minimum absolute atomic E-state index is 0.318. The van der Waals surface area contributed by atoms with Gasteiger partial charge in [0.2, 0.25) is 5.91 Å². The average Bonchev–Trinajstić information content (AvgIpc) is 2.71. The van der Waals surface area contributed by atoms with Crippen molar-refractivity contribution in [2.45, 2.75) is 26.2 Å². The number of amides is 1. The molecule has 1 unspecified atom stereocenters. The van der Waals surface area contributed by atoms with Crippen molar-refractivity contribution < 1.29 is 4.79 Å². The number of hydrogen-bond acceptors (Lipinski definition) is 3. The van der Waals surface area contributed by atoms with Gasteiger partial charge in [0.15, 0.2) is 0 Å². The molecule has 0 aromatic heterocycles. The fourth-order valence-electron chi connectivity index (χ4n) is 2.99. The van der Waals surface area contributed by atoms with Gasteiger partial charge in [-0.2, -0.15) is 0 Å². The largest absolute Gasteiger partial charge is 0.342 e. The van der Waals surface area contributed by atoms with Crippen molar-refractivity contribution >= 4 is 5.91 Å². The van der Waals surface area contributed by atoms with E-state index < -0.39 is 0 Å². The fourth-order valence-corrected chi connectivity index (χ4v) is 2.99. The molecule has 1 amide bonds. The highest BCUT2D eigenvalue weighted by atomic mass is 16.2. The maximum absolute atomic E-state index is 11.8. The summed E-state index contributed by atoms with van der Waals surface area (Å²) < 4.78 is 0. The van der Waals surface area contributed by atoms with Gasteiger partial charge in [-0.1, -0.05) is 6.92 Å². The van der Waals surface area contributed by atoms with Crippen molar-refractivity contribution in [3.8, 4) is 0 Å². The van der Waals surface area contributed by atoms with Crippen molar-refractivity contribution in [2.75, 3.05) is 39.3 Å². The number of nitrogens with two attached hydrogens (primary N) is 1. The summed E-state index contributed by atoms with van der Waals surface area (Å²) in [5.41, 5.74) is 5.64. The first-order valence-corrected chi connectivity index (χ1v) is 6.93. The van der Waals surface area contributed by atoms with Crippen LogP contribution < -0.4 is 5.73 Å². The Morgan fingerprint density at radius 2 is 2.00 bits per heavy atom. The van der Waals surface area contributed by atoms with Gasteiger partial charge in [-0.05, 0) is 50.9 Å². The van der Waals surface area contributed by atoms with E-state index in [0.717, 1.165) is 19.6 Å². The number of carbonyl (C=O) groups excluding carboxylic acids is 1. The van der Waals surface area contributed by atoms with Crippen molar-refractivity contribution in [3.63, 3.8) is 0 Å². The van der Waals surface area contributed by atoms with Crippen molar-refractivity contribution in [2.24, 2.45) is 17.6 Å². The molecule has 2 fully saturated rings. The molecule has 17 heavy (non-hydrogen) atoms. The van der Waals surface area contributed by atoms with Crippen LogP contribution in [0.25, 0.3) is 0 Å². The smallest absolute Gasteiger partial charge is 0.222 e. The summed E-state index contributed by atoms with van der Waals surface area (Å²) in [5, 5.41) is 0. The molecule has 0 spiro atoms. The highest BCUT2D eigenvalue weighted by molar-refractivity contribution is 5.78. The minimum atomic E-state index is 0.318. The van der Waals surface area contributed by atoms with Gasteiger partial charge in [0.1, 0.15) is 0 Å². The van der Waals surface area contributed by atoms with Gasteiger partial charge in [-0.25, -0.2) is 0 Å². The lowest BCUT2D eigenvalue weighted by atomic mass is 9.96. The Morgan fingerprint density at radius 1 is 1.29 bits per heavy atom. The Hall–Kier alpha value is -0.610. The first kappa shape index (κ1) is 12.8. The molecule has 2 aliphatic rings. The van der Waals surface area contributed by atoms with Gasteiger partial charge in [0, 0.05) is 19.5 Å². The van der Waals surface area contributed by atoms with Crippen molar-refractivity contribution in [3.05, 3.63) is 0 Å². The molecule has 1 atom stereocenters.